The van der Waals surface area contributed by atoms with Crippen LogP contribution in [0.4, 0.5) is 10.5 Å². The van der Waals surface area contributed by atoms with Crippen molar-refractivity contribution in [2.45, 2.75) is 63.9 Å². The van der Waals surface area contributed by atoms with Gasteiger partial charge >= 0.3 is 12.1 Å². The Hall–Kier alpha value is -4.80. The lowest BCUT2D eigenvalue weighted by molar-refractivity contribution is -0.139. The van der Waals surface area contributed by atoms with E-state index in [1.54, 1.807) is 51.1 Å². The van der Waals surface area contributed by atoms with Gasteiger partial charge in [0.1, 0.15) is 5.60 Å². The van der Waals surface area contributed by atoms with Crippen LogP contribution in [0.5, 0.6) is 0 Å². The Morgan fingerprint density at radius 2 is 1.55 bits per heavy atom. The fraction of sp³-hybridized carbons (Fsp3) is 0.282. The van der Waals surface area contributed by atoms with E-state index in [0.29, 0.717) is 34.6 Å². The molecule has 0 bridgehead atoms. The van der Waals surface area contributed by atoms with E-state index in [2.05, 4.69) is 43.6 Å². The van der Waals surface area contributed by atoms with Crippen molar-refractivity contribution >= 4 is 45.3 Å². The first kappa shape index (κ1) is 35.5. The highest BCUT2D eigenvalue weighted by Crippen LogP contribution is 2.28. The van der Waals surface area contributed by atoms with Gasteiger partial charge in [-0.15, -0.1) is 0 Å². The van der Waals surface area contributed by atoms with E-state index in [-0.39, 0.29) is 11.9 Å². The van der Waals surface area contributed by atoms with E-state index in [9.17, 15) is 19.5 Å². The summed E-state index contributed by atoms with van der Waals surface area (Å²) in [6.45, 7) is 6.69. The predicted molar refractivity (Wildman–Crippen MR) is 195 cm³/mol. The number of amides is 2. The van der Waals surface area contributed by atoms with Gasteiger partial charge in [0, 0.05) is 22.1 Å². The summed E-state index contributed by atoms with van der Waals surface area (Å²) in [4.78, 5) is 47.1. The maximum atomic E-state index is 13.9. The number of nitrogens with zero attached hydrogens (tertiary/aromatic N) is 2. The summed E-state index contributed by atoms with van der Waals surface area (Å²) in [5, 5.41) is 16.6. The summed E-state index contributed by atoms with van der Waals surface area (Å²) < 4.78 is 6.32. The molecule has 3 N–H and O–H groups in total. The number of hydrogen-bond donors (Lipinski definition) is 3. The van der Waals surface area contributed by atoms with Gasteiger partial charge in [-0.1, -0.05) is 107 Å². The topological polar surface area (TPSA) is 120 Å². The Balaban J connectivity index is 1.53. The number of carbonyl (C=O) groups excluding carboxylic acids is 2. The van der Waals surface area contributed by atoms with Gasteiger partial charge in [0.2, 0.25) is 5.91 Å². The fourth-order valence-corrected chi connectivity index (χ4v) is 6.17. The lowest BCUT2D eigenvalue weighted by Gasteiger charge is -2.27. The Morgan fingerprint density at radius 3 is 2.20 bits per heavy atom. The second-order valence-corrected chi connectivity index (χ2v) is 13.9. The summed E-state index contributed by atoms with van der Waals surface area (Å²) in [7, 11) is 0. The number of alkyl carbamates (subject to hydrolysis) is 1. The molecule has 0 aromatic heterocycles. The van der Waals surface area contributed by atoms with E-state index in [0.717, 1.165) is 29.4 Å². The van der Waals surface area contributed by atoms with Crippen molar-refractivity contribution in [2.75, 3.05) is 11.9 Å². The first-order valence-corrected chi connectivity index (χ1v) is 17.1. The number of carboxylic acids is 1. The third kappa shape index (κ3) is 9.64. The molecule has 254 valence electrons. The van der Waals surface area contributed by atoms with Crippen LogP contribution in [0.2, 0.25) is 0 Å². The van der Waals surface area contributed by atoms with Crippen LogP contribution in [0.25, 0.3) is 0 Å². The zero-order valence-corrected chi connectivity index (χ0v) is 29.4. The maximum absolute atomic E-state index is 13.9. The summed E-state index contributed by atoms with van der Waals surface area (Å²) >= 11 is 3.43. The molecule has 5 rings (SSSR count). The van der Waals surface area contributed by atoms with Gasteiger partial charge in [-0.25, -0.2) is 9.59 Å². The molecule has 1 fully saturated rings. The van der Waals surface area contributed by atoms with Gasteiger partial charge in [-0.05, 0) is 69.5 Å². The lowest BCUT2D eigenvalue weighted by atomic mass is 9.96. The minimum absolute atomic E-state index is 0.137. The largest absolute Gasteiger partial charge is 0.480 e. The number of carboxylic acid groups (broad SMARTS) is 1. The number of likely N-dealkylation sites (tertiary alicyclic amines) is 1. The predicted octanol–water partition coefficient (Wildman–Crippen LogP) is 7.61. The number of halogens is 1. The van der Waals surface area contributed by atoms with Crippen molar-refractivity contribution in [3.63, 3.8) is 0 Å². The number of aliphatic imine (C=N–C) groups is 1. The van der Waals surface area contributed by atoms with Gasteiger partial charge in [0.25, 0.3) is 0 Å². The summed E-state index contributed by atoms with van der Waals surface area (Å²) in [5.74, 6) is -1.39. The molecular weight excluding hydrogens is 684 g/mol. The van der Waals surface area contributed by atoms with Crippen LogP contribution in [-0.4, -0.2) is 57.9 Å². The Morgan fingerprint density at radius 1 is 0.918 bits per heavy atom. The Labute approximate surface area is 295 Å². The highest BCUT2D eigenvalue weighted by molar-refractivity contribution is 9.10. The normalized spacial score (nSPS) is 16.4. The van der Waals surface area contributed by atoms with Crippen molar-refractivity contribution < 1.29 is 24.2 Å². The lowest BCUT2D eigenvalue weighted by Crippen LogP contribution is -2.42. The number of benzene rings is 4. The molecule has 1 aliphatic rings. The molecular formula is C39H41BrN4O5. The fourth-order valence-electron chi connectivity index (χ4n) is 5.90. The summed E-state index contributed by atoms with van der Waals surface area (Å²) in [6, 6.07) is 30.7. The molecule has 0 aliphatic carbocycles. The molecule has 4 aromatic rings. The van der Waals surface area contributed by atoms with E-state index in [4.69, 9.17) is 9.73 Å². The van der Waals surface area contributed by atoms with Gasteiger partial charge in [-0.3, -0.25) is 14.7 Å². The molecule has 3 atom stereocenters. The molecule has 1 heterocycles. The number of carbonyl (C=O) groups is 3. The van der Waals surface area contributed by atoms with Gasteiger partial charge in [-0.2, -0.15) is 0 Å². The van der Waals surface area contributed by atoms with Crippen molar-refractivity contribution in [1.82, 2.24) is 10.2 Å². The van der Waals surface area contributed by atoms with Gasteiger partial charge in [0.15, 0.2) is 6.04 Å². The number of nitrogens with one attached hydrogen (secondary N) is 2. The van der Waals surface area contributed by atoms with Gasteiger partial charge in [0.05, 0.1) is 23.5 Å². The molecule has 0 saturated carbocycles. The van der Waals surface area contributed by atoms with Crippen LogP contribution in [0, 0.1) is 0 Å². The first-order chi connectivity index (χ1) is 23.5. The third-order valence-electron chi connectivity index (χ3n) is 8.12. The van der Waals surface area contributed by atoms with Crippen molar-refractivity contribution in [2.24, 2.45) is 4.99 Å². The minimum atomic E-state index is -1.47. The van der Waals surface area contributed by atoms with Crippen LogP contribution >= 0.6 is 15.9 Å². The van der Waals surface area contributed by atoms with Crippen LogP contribution in [0.15, 0.2) is 119 Å². The Bertz CT molecular complexity index is 1770. The summed E-state index contributed by atoms with van der Waals surface area (Å²) in [5.41, 5.74) is 2.91. The zero-order valence-electron chi connectivity index (χ0n) is 27.8. The van der Waals surface area contributed by atoms with E-state index in [1.807, 2.05) is 66.7 Å². The highest BCUT2D eigenvalue weighted by atomic mass is 79.9. The number of anilines is 1. The molecule has 1 saturated heterocycles. The molecule has 0 spiro atoms. The molecule has 4 aromatic carbocycles. The van der Waals surface area contributed by atoms with Crippen LogP contribution < -0.4 is 10.6 Å². The van der Waals surface area contributed by atoms with E-state index < -0.39 is 29.7 Å². The molecule has 1 aliphatic heterocycles. The SMILES string of the molecule is CC(C)(C)OC(=O)N[C@@H](c1ccc(Br)cc1)[C@@H](N=C(c1ccccc1)c1ccccc1NC(=O)[C@H]1CCCN1Cc1ccccc1)C(=O)O. The van der Waals surface area contributed by atoms with Gasteiger partial charge < -0.3 is 20.5 Å². The standard InChI is InChI=1S/C39H41BrN4O5/c1-39(2,3)49-38(48)43-34(28-20-22-29(40)23-21-28)35(37(46)47)42-33(27-15-8-5-9-16-27)30-17-10-11-18-31(30)41-36(45)32-19-12-24-44(32)25-26-13-6-4-7-14-26/h4-11,13-18,20-23,32,34-35H,12,19,24-25H2,1-3H3,(H,41,45)(H,43,48)(H,46,47)/t32-,34+,35-/m1/s1. The quantitative estimate of drug-likeness (QED) is 0.137. The monoisotopic (exact) mass is 724 g/mol. The smallest absolute Gasteiger partial charge is 0.408 e. The van der Waals surface area contributed by atoms with Crippen molar-refractivity contribution in [3.8, 4) is 0 Å². The second kappa shape index (κ2) is 16.1. The third-order valence-corrected chi connectivity index (χ3v) is 8.65. The van der Waals surface area contributed by atoms with E-state index >= 15 is 0 Å². The molecule has 2 amide bonds. The average molecular weight is 726 g/mol. The zero-order chi connectivity index (χ0) is 35.0. The van der Waals surface area contributed by atoms with Crippen molar-refractivity contribution in [3.05, 3.63) is 136 Å². The number of para-hydroxylation sites is 1. The second-order valence-electron chi connectivity index (χ2n) is 13.0. The number of aliphatic carboxylic acids is 1. The highest BCUT2D eigenvalue weighted by Gasteiger charge is 2.34. The molecule has 10 heteroatoms. The summed E-state index contributed by atoms with van der Waals surface area (Å²) in [6.07, 6.45) is 0.866. The molecule has 0 unspecified atom stereocenters. The maximum Gasteiger partial charge on any atom is 0.408 e. The molecule has 0 radical (unpaired) electrons. The van der Waals surface area contributed by atoms with Crippen LogP contribution in [0.3, 0.4) is 0 Å². The van der Waals surface area contributed by atoms with E-state index in [1.165, 1.54) is 0 Å². The van der Waals surface area contributed by atoms with Crippen LogP contribution in [-0.2, 0) is 20.9 Å². The Kier molecular flexibility index (Phi) is 11.6. The molecule has 9 nitrogen and oxygen atoms in total. The minimum Gasteiger partial charge on any atom is -0.480 e. The first-order valence-electron chi connectivity index (χ1n) is 16.3. The average Bonchev–Trinajstić information content (AvgIpc) is 3.53. The molecule has 49 heavy (non-hydrogen) atoms. The number of ether oxygens (including phenoxy) is 1. The number of hydrogen-bond acceptors (Lipinski definition) is 6. The van der Waals surface area contributed by atoms with Crippen molar-refractivity contribution in [1.29, 1.82) is 0 Å². The number of rotatable bonds is 11. The van der Waals surface area contributed by atoms with Crippen LogP contribution in [0.1, 0.15) is 61.9 Å².